The molecule has 7 heteroatoms. The van der Waals surface area contributed by atoms with Crippen molar-refractivity contribution in [3.63, 3.8) is 0 Å². The molecule has 0 radical (unpaired) electrons. The number of carboxylic acid groups (broad SMARTS) is 1. The summed E-state index contributed by atoms with van der Waals surface area (Å²) in [6.07, 6.45) is 0.0933. The molecule has 96 valence electrons. The molecule has 0 aromatic rings. The fourth-order valence-electron chi connectivity index (χ4n) is 0.961. The SMILES string of the molecule is CC(C)OCCS(=N)(=O)CC[C@H](N)C(=O)O. The van der Waals surface area contributed by atoms with Crippen LogP contribution in [-0.2, 0) is 19.3 Å². The Morgan fingerprint density at radius 3 is 2.50 bits per heavy atom. The number of ether oxygens (including phenoxy) is 1. The Morgan fingerprint density at radius 2 is 2.06 bits per heavy atom. The lowest BCUT2D eigenvalue weighted by molar-refractivity contribution is -0.138. The van der Waals surface area contributed by atoms with Crippen LogP contribution in [0.25, 0.3) is 0 Å². The van der Waals surface area contributed by atoms with Crippen LogP contribution < -0.4 is 5.73 Å². The van der Waals surface area contributed by atoms with Gasteiger partial charge in [0.1, 0.15) is 6.04 Å². The third-order valence-corrected chi connectivity index (χ3v) is 3.66. The summed E-state index contributed by atoms with van der Waals surface area (Å²) >= 11 is 0. The summed E-state index contributed by atoms with van der Waals surface area (Å²) in [5.74, 6) is -1.01. The lowest BCUT2D eigenvalue weighted by Gasteiger charge is -2.11. The fourth-order valence-corrected chi connectivity index (χ4v) is 2.17. The number of nitrogens with one attached hydrogen (secondary N) is 1. The van der Waals surface area contributed by atoms with Crippen LogP contribution in [0.2, 0.25) is 0 Å². The second-order valence-corrected chi connectivity index (χ2v) is 6.31. The van der Waals surface area contributed by atoms with E-state index in [1.807, 2.05) is 13.8 Å². The maximum absolute atomic E-state index is 11.6. The zero-order chi connectivity index (χ0) is 12.8. The van der Waals surface area contributed by atoms with E-state index in [-0.39, 0.29) is 30.6 Å². The van der Waals surface area contributed by atoms with Crippen LogP contribution >= 0.6 is 0 Å². The topological polar surface area (TPSA) is 113 Å². The normalized spacial score (nSPS) is 17.0. The first-order valence-electron chi connectivity index (χ1n) is 5.09. The van der Waals surface area contributed by atoms with Gasteiger partial charge in [0.15, 0.2) is 0 Å². The highest BCUT2D eigenvalue weighted by Crippen LogP contribution is 2.00. The largest absolute Gasteiger partial charge is 0.480 e. The molecule has 0 heterocycles. The van der Waals surface area contributed by atoms with Crippen molar-refractivity contribution < 1.29 is 18.8 Å². The molecule has 0 bridgehead atoms. The van der Waals surface area contributed by atoms with E-state index < -0.39 is 21.7 Å². The van der Waals surface area contributed by atoms with Gasteiger partial charge in [0, 0.05) is 15.5 Å². The van der Waals surface area contributed by atoms with Crippen molar-refractivity contribution >= 4 is 15.7 Å². The van der Waals surface area contributed by atoms with Crippen LogP contribution in [0, 0.1) is 4.78 Å². The molecule has 0 aliphatic carbocycles. The fraction of sp³-hybridized carbons (Fsp3) is 0.889. The number of aliphatic carboxylic acids is 1. The molecular formula is C9H20N2O4S. The summed E-state index contributed by atoms with van der Waals surface area (Å²) in [4.78, 5) is 10.4. The lowest BCUT2D eigenvalue weighted by Crippen LogP contribution is -2.32. The summed E-state index contributed by atoms with van der Waals surface area (Å²) in [5, 5.41) is 8.52. The highest BCUT2D eigenvalue weighted by atomic mass is 32.2. The van der Waals surface area contributed by atoms with Crippen molar-refractivity contribution in [2.75, 3.05) is 18.1 Å². The number of rotatable bonds is 8. The Hall–Kier alpha value is -0.660. The first kappa shape index (κ1) is 15.3. The van der Waals surface area contributed by atoms with E-state index in [1.165, 1.54) is 0 Å². The van der Waals surface area contributed by atoms with Crippen molar-refractivity contribution in [3.05, 3.63) is 0 Å². The summed E-state index contributed by atoms with van der Waals surface area (Å²) in [7, 11) is -2.77. The molecule has 0 fully saturated rings. The number of carbonyl (C=O) groups is 1. The number of nitrogens with two attached hydrogens (primary N) is 1. The standard InChI is InChI=1S/C9H20N2O4S/c1-7(2)15-4-6-16(11,14)5-3-8(10)9(12)13/h7-8,11H,3-6,10H2,1-2H3,(H,12,13)/t8-,16?/m0/s1. The average Bonchev–Trinajstić information content (AvgIpc) is 2.13. The maximum atomic E-state index is 11.6. The van der Waals surface area contributed by atoms with Gasteiger partial charge in [-0.2, -0.15) is 0 Å². The molecule has 16 heavy (non-hydrogen) atoms. The average molecular weight is 252 g/mol. The molecule has 4 N–H and O–H groups in total. The first-order valence-corrected chi connectivity index (χ1v) is 6.98. The van der Waals surface area contributed by atoms with E-state index in [2.05, 4.69) is 0 Å². The zero-order valence-corrected chi connectivity index (χ0v) is 10.5. The Labute approximate surface area is 96.1 Å². The molecule has 6 nitrogen and oxygen atoms in total. The van der Waals surface area contributed by atoms with Gasteiger partial charge >= 0.3 is 5.97 Å². The Balaban J connectivity index is 3.92. The molecule has 0 aromatic carbocycles. The van der Waals surface area contributed by atoms with Crippen LogP contribution in [0.3, 0.4) is 0 Å². The highest BCUT2D eigenvalue weighted by Gasteiger charge is 2.15. The minimum atomic E-state index is -2.77. The molecule has 0 saturated carbocycles. The van der Waals surface area contributed by atoms with E-state index >= 15 is 0 Å². The van der Waals surface area contributed by atoms with Crippen molar-refractivity contribution in [1.82, 2.24) is 0 Å². The van der Waals surface area contributed by atoms with Crippen molar-refractivity contribution in [1.29, 1.82) is 4.78 Å². The Morgan fingerprint density at radius 1 is 1.50 bits per heavy atom. The minimum absolute atomic E-state index is 0.00191. The Kier molecular flexibility index (Phi) is 6.54. The van der Waals surface area contributed by atoms with Crippen LogP contribution in [0.5, 0.6) is 0 Å². The second-order valence-electron chi connectivity index (χ2n) is 3.87. The summed E-state index contributed by atoms with van der Waals surface area (Å²) in [6.45, 7) is 3.96. The second kappa shape index (κ2) is 6.82. The predicted molar refractivity (Wildman–Crippen MR) is 61.9 cm³/mol. The van der Waals surface area contributed by atoms with Crippen LogP contribution in [0.4, 0.5) is 0 Å². The monoisotopic (exact) mass is 252 g/mol. The summed E-state index contributed by atoms with van der Waals surface area (Å²) in [6, 6.07) is -1.04. The van der Waals surface area contributed by atoms with Crippen molar-refractivity contribution in [2.45, 2.75) is 32.4 Å². The van der Waals surface area contributed by atoms with Gasteiger partial charge in [0.2, 0.25) is 0 Å². The van der Waals surface area contributed by atoms with E-state index in [0.717, 1.165) is 0 Å². The summed E-state index contributed by atoms with van der Waals surface area (Å²) < 4.78 is 24.3. The van der Waals surface area contributed by atoms with Crippen LogP contribution in [0.1, 0.15) is 20.3 Å². The summed E-state index contributed by atoms with van der Waals surface area (Å²) in [5.41, 5.74) is 5.26. The molecule has 0 aliphatic rings. The first-order chi connectivity index (χ1) is 7.24. The van der Waals surface area contributed by atoms with E-state index in [1.54, 1.807) is 0 Å². The molecule has 0 spiro atoms. The van der Waals surface area contributed by atoms with Gasteiger partial charge in [0.05, 0.1) is 18.5 Å². The lowest BCUT2D eigenvalue weighted by atomic mass is 10.2. The molecule has 0 saturated heterocycles. The predicted octanol–water partition coefficient (Wildman–Crippen LogP) is 0.260. The van der Waals surface area contributed by atoms with Crippen molar-refractivity contribution in [3.8, 4) is 0 Å². The Bertz CT molecular complexity index is 313. The van der Waals surface area contributed by atoms with Gasteiger partial charge in [-0.3, -0.25) is 9.57 Å². The maximum Gasteiger partial charge on any atom is 0.320 e. The third-order valence-electron chi connectivity index (χ3n) is 1.94. The van der Waals surface area contributed by atoms with Gasteiger partial charge in [-0.05, 0) is 20.3 Å². The van der Waals surface area contributed by atoms with Gasteiger partial charge in [0.25, 0.3) is 0 Å². The van der Waals surface area contributed by atoms with E-state index in [0.29, 0.717) is 0 Å². The smallest absolute Gasteiger partial charge is 0.320 e. The van der Waals surface area contributed by atoms with Gasteiger partial charge in [-0.25, -0.2) is 4.21 Å². The van der Waals surface area contributed by atoms with E-state index in [4.69, 9.17) is 20.4 Å². The van der Waals surface area contributed by atoms with E-state index in [9.17, 15) is 9.00 Å². The number of hydrogen-bond acceptors (Lipinski definition) is 5. The number of carboxylic acids is 1. The molecule has 0 amide bonds. The quantitative estimate of drug-likeness (QED) is 0.573. The highest BCUT2D eigenvalue weighted by molar-refractivity contribution is 7.92. The van der Waals surface area contributed by atoms with Crippen molar-refractivity contribution in [2.24, 2.45) is 5.73 Å². The zero-order valence-electron chi connectivity index (χ0n) is 9.64. The molecule has 2 atom stereocenters. The number of hydrogen-bond donors (Lipinski definition) is 3. The van der Waals surface area contributed by atoms with Gasteiger partial charge in [-0.15, -0.1) is 0 Å². The van der Waals surface area contributed by atoms with Gasteiger partial charge in [-0.1, -0.05) is 0 Å². The molecule has 0 aliphatic heterocycles. The van der Waals surface area contributed by atoms with Gasteiger partial charge < -0.3 is 15.6 Å². The molecule has 0 aromatic heterocycles. The molecular weight excluding hydrogens is 232 g/mol. The van der Waals surface area contributed by atoms with Crippen LogP contribution in [0.15, 0.2) is 0 Å². The molecule has 1 unspecified atom stereocenters. The third kappa shape index (κ3) is 7.61. The minimum Gasteiger partial charge on any atom is -0.480 e. The molecule has 0 rings (SSSR count). The van der Waals surface area contributed by atoms with Crippen LogP contribution in [-0.4, -0.2) is 45.5 Å².